The van der Waals surface area contributed by atoms with Gasteiger partial charge in [-0.05, 0) is 44.0 Å². The van der Waals surface area contributed by atoms with Crippen LogP contribution in [0, 0.1) is 29.1 Å². The molecule has 0 bridgehead atoms. The Hall–Kier alpha value is -1.23. The molecule has 0 aliphatic rings. The maximum absolute atomic E-state index is 12.5. The average Bonchev–Trinajstić information content (AvgIpc) is 2.94. The fraction of sp³-hybridized carbons (Fsp3) is 0.800. The van der Waals surface area contributed by atoms with Crippen LogP contribution < -0.4 is 25.3 Å². The normalized spacial score (nSPS) is 10.9. The number of rotatable bonds is 19. The van der Waals surface area contributed by atoms with Crippen molar-refractivity contribution < 1.29 is 41.8 Å². The topological polar surface area (TPSA) is 55.0 Å². The molecule has 0 aliphatic carbocycles. The summed E-state index contributed by atoms with van der Waals surface area (Å²) >= 11 is 0. The molecule has 1 aromatic carbocycles. The van der Waals surface area contributed by atoms with Gasteiger partial charge in [-0.1, -0.05) is 87.2 Å². The van der Waals surface area contributed by atoms with Gasteiger partial charge in [-0.3, -0.25) is 0 Å². The molecule has 0 aliphatic heterocycles. The van der Waals surface area contributed by atoms with Crippen LogP contribution in [0.1, 0.15) is 119 Å². The van der Waals surface area contributed by atoms with Crippen molar-refractivity contribution in [1.29, 1.82) is 0 Å². The van der Waals surface area contributed by atoms with Crippen molar-refractivity contribution in [2.24, 2.45) is 0 Å². The highest BCUT2D eigenvalue weighted by molar-refractivity contribution is 6.55. The molecule has 0 saturated carbocycles. The summed E-state index contributed by atoms with van der Waals surface area (Å²) < 4.78 is 62.0. The lowest BCUT2D eigenvalue weighted by Gasteiger charge is -2.27. The van der Waals surface area contributed by atoms with Crippen LogP contribution in [-0.2, 0) is 0 Å². The van der Waals surface area contributed by atoms with Crippen molar-refractivity contribution in [2.45, 2.75) is 119 Å². The molecule has 4 nitrogen and oxygen atoms in total. The third kappa shape index (κ3) is 18.3. The molecule has 40 heavy (non-hydrogen) atoms. The van der Waals surface area contributed by atoms with E-state index >= 15 is 0 Å². The minimum atomic E-state index is -3.26. The summed E-state index contributed by atoms with van der Waals surface area (Å²) in [6, 6.07) is 0. The minimum absolute atomic E-state index is 1.35. The number of quaternary nitrogens is 2. The van der Waals surface area contributed by atoms with Gasteiger partial charge < -0.3 is 19.8 Å². The van der Waals surface area contributed by atoms with Crippen LogP contribution in [0.25, 0.3) is 0 Å². The maximum Gasteiger partial charge on any atom is 0.200 e. The third-order valence-corrected chi connectivity index (χ3v) is 6.78. The summed E-state index contributed by atoms with van der Waals surface area (Å²) in [7, 11) is -3.26. The van der Waals surface area contributed by atoms with E-state index in [4.69, 9.17) is 0 Å². The first kappa shape index (κ1) is 40.9. The van der Waals surface area contributed by atoms with Crippen molar-refractivity contribution in [3.05, 3.63) is 29.1 Å². The lowest BCUT2D eigenvalue weighted by atomic mass is 9.79. The Balaban J connectivity index is 0. The van der Waals surface area contributed by atoms with Crippen LogP contribution in [-0.4, -0.2) is 46.4 Å². The summed E-state index contributed by atoms with van der Waals surface area (Å²) in [6.45, 7) is 22.1. The van der Waals surface area contributed by atoms with Gasteiger partial charge in [0.2, 0.25) is 0 Å². The Morgan fingerprint density at radius 3 is 0.800 bits per heavy atom. The second kappa shape index (κ2) is 26.7. The Kier molecular flexibility index (Phi) is 27.3. The Morgan fingerprint density at radius 2 is 0.625 bits per heavy atom. The summed E-state index contributed by atoms with van der Waals surface area (Å²) in [6.07, 6.45) is 16.5. The van der Waals surface area contributed by atoms with E-state index in [9.17, 15) is 32.0 Å². The first-order valence-corrected chi connectivity index (χ1v) is 15.6. The van der Waals surface area contributed by atoms with Crippen LogP contribution in [0.5, 0.6) is 0 Å². The fourth-order valence-corrected chi connectivity index (χ4v) is 4.14. The van der Waals surface area contributed by atoms with E-state index in [1.54, 1.807) is 0 Å². The monoisotopic (exact) mass is 582 g/mol. The summed E-state index contributed by atoms with van der Waals surface area (Å²) in [4.78, 5) is 3.68. The highest BCUT2D eigenvalue weighted by Gasteiger charge is 2.23. The number of halogens is 5. The first-order valence-electron chi connectivity index (χ1n) is 15.6. The molecule has 0 aromatic heterocycles. The van der Waals surface area contributed by atoms with Gasteiger partial charge in [0.05, 0.1) is 39.3 Å². The van der Waals surface area contributed by atoms with Gasteiger partial charge >= 0.3 is 0 Å². The molecule has 0 unspecified atom stereocenters. The van der Waals surface area contributed by atoms with Gasteiger partial charge in [0, 0.05) is 0 Å². The van der Waals surface area contributed by atoms with Gasteiger partial charge in [0.25, 0.3) is 0 Å². The third-order valence-electron chi connectivity index (χ3n) is 6.78. The molecule has 0 spiro atoms. The highest BCUT2D eigenvalue weighted by atomic mass is 19.2. The van der Waals surface area contributed by atoms with E-state index in [0.717, 1.165) is 0 Å². The lowest BCUT2D eigenvalue weighted by Crippen LogP contribution is -3.12. The van der Waals surface area contributed by atoms with Crippen LogP contribution >= 0.6 is 0 Å². The molecule has 1 aromatic rings. The van der Waals surface area contributed by atoms with Gasteiger partial charge in [-0.15, -0.1) is 0 Å². The van der Waals surface area contributed by atoms with Gasteiger partial charge in [0.15, 0.2) is 29.1 Å². The number of hydrogen-bond donors (Lipinski definition) is 2. The predicted molar refractivity (Wildman–Crippen MR) is 152 cm³/mol. The Labute approximate surface area is 241 Å². The summed E-state index contributed by atoms with van der Waals surface area (Å²) in [5.41, 5.74) is -1.89. The quantitative estimate of drug-likeness (QED) is 0.114. The van der Waals surface area contributed by atoms with Crippen LogP contribution in [0.15, 0.2) is 0 Å². The number of hydrogen-bond acceptors (Lipinski definition) is 2. The number of unbranched alkanes of at least 4 members (excludes halogenated alkanes) is 6. The van der Waals surface area contributed by atoms with Crippen molar-refractivity contribution >= 4 is 12.6 Å². The standard InChI is InChI=1S/2C12H27N.C6BF5O2/c2*1-4-7-10-13(11-8-5-2)12-9-6-3;8-2-1(7(13)14)3(9)5(11)6(12)4(2)10/h2*4-12H2,1-3H3;/q;;-2/p+2. The minimum Gasteiger partial charge on any atom is -0.889 e. The Morgan fingerprint density at radius 1 is 0.425 bits per heavy atom. The molecule has 2 N–H and O–H groups in total. The van der Waals surface area contributed by atoms with E-state index in [-0.39, 0.29) is 0 Å². The molecule has 0 heterocycles. The first-order chi connectivity index (χ1) is 19.1. The zero-order valence-electron chi connectivity index (χ0n) is 26.0. The van der Waals surface area contributed by atoms with Crippen LogP contribution in [0.2, 0.25) is 0 Å². The summed E-state index contributed by atoms with van der Waals surface area (Å²) in [5.74, 6) is -11.7. The zero-order valence-corrected chi connectivity index (χ0v) is 26.0. The van der Waals surface area contributed by atoms with Crippen molar-refractivity contribution in [2.75, 3.05) is 39.3 Å². The van der Waals surface area contributed by atoms with Gasteiger partial charge in [-0.2, -0.15) is 0 Å². The van der Waals surface area contributed by atoms with Gasteiger partial charge in [-0.25, -0.2) is 22.0 Å². The molecular weight excluding hydrogens is 526 g/mol. The largest absolute Gasteiger partial charge is 0.889 e. The molecule has 0 fully saturated rings. The molecule has 0 atom stereocenters. The second-order valence-corrected chi connectivity index (χ2v) is 10.4. The molecule has 0 radical (unpaired) electrons. The lowest BCUT2D eigenvalue weighted by molar-refractivity contribution is -0.900. The number of nitrogens with one attached hydrogen (secondary N) is 2. The second-order valence-electron chi connectivity index (χ2n) is 10.4. The molecular formula is C30H56BF5N2O2. The maximum atomic E-state index is 12.5. The van der Waals surface area contributed by atoms with E-state index in [1.165, 1.54) is 116 Å². The zero-order chi connectivity index (χ0) is 30.9. The van der Waals surface area contributed by atoms with E-state index in [2.05, 4.69) is 41.5 Å². The van der Waals surface area contributed by atoms with E-state index in [1.807, 2.05) is 9.80 Å². The van der Waals surface area contributed by atoms with Crippen molar-refractivity contribution in [3.8, 4) is 0 Å². The molecule has 10 heteroatoms. The summed E-state index contributed by atoms with van der Waals surface area (Å²) in [5, 5.41) is 20.2. The van der Waals surface area contributed by atoms with Crippen LogP contribution in [0.3, 0.4) is 0 Å². The molecule has 1 rings (SSSR count). The van der Waals surface area contributed by atoms with E-state index in [0.29, 0.717) is 0 Å². The molecule has 0 saturated heterocycles. The number of benzene rings is 1. The predicted octanol–water partition coefficient (Wildman–Crippen LogP) is 3.34. The highest BCUT2D eigenvalue weighted by Crippen LogP contribution is 2.15. The smallest absolute Gasteiger partial charge is 0.200 e. The molecule has 236 valence electrons. The van der Waals surface area contributed by atoms with Gasteiger partial charge in [0.1, 0.15) is 0 Å². The SMILES string of the molecule is CCCC[NH+](CCCC)CCCC.CCCC[NH+](CCCC)CCCC.[O-]B([O-])c1c(F)c(F)c(F)c(F)c1F. The van der Waals surface area contributed by atoms with Crippen molar-refractivity contribution in [1.82, 2.24) is 0 Å². The fourth-order valence-electron chi connectivity index (χ4n) is 4.14. The Bertz CT molecular complexity index is 653. The van der Waals surface area contributed by atoms with Crippen LogP contribution in [0.4, 0.5) is 22.0 Å². The molecule has 0 amide bonds. The average molecular weight is 583 g/mol. The van der Waals surface area contributed by atoms with E-state index < -0.39 is 41.7 Å². The van der Waals surface area contributed by atoms with Crippen molar-refractivity contribution in [3.63, 3.8) is 0 Å².